The molecule has 0 aromatic heterocycles. The molecule has 1 aromatic carbocycles. The molecule has 1 atom stereocenters. The van der Waals surface area contributed by atoms with Crippen LogP contribution in [-0.2, 0) is 9.09 Å². The number of rotatable bonds is 5. The van der Waals surface area contributed by atoms with E-state index in [9.17, 15) is 4.57 Å². The molecule has 0 amide bonds. The van der Waals surface area contributed by atoms with Gasteiger partial charge in [-0.1, -0.05) is 34.1 Å². The fourth-order valence-corrected chi connectivity index (χ4v) is 4.77. The summed E-state index contributed by atoms with van der Waals surface area (Å²) in [4.78, 5) is 0. The van der Waals surface area contributed by atoms with E-state index in [0.29, 0.717) is 11.5 Å². The Morgan fingerprint density at radius 2 is 1.93 bits per heavy atom. The molecule has 0 fully saturated rings. The third kappa shape index (κ3) is 3.75. The van der Waals surface area contributed by atoms with Crippen LogP contribution in [0.2, 0.25) is 0 Å². The van der Waals surface area contributed by atoms with Gasteiger partial charge in [0.05, 0.1) is 6.10 Å². The van der Waals surface area contributed by atoms with Crippen LogP contribution in [0.1, 0.15) is 13.8 Å². The second-order valence-electron chi connectivity index (χ2n) is 3.58. The number of alkyl halides is 1. The van der Waals surface area contributed by atoms with E-state index in [1.54, 1.807) is 0 Å². The molecule has 0 spiro atoms. The van der Waals surface area contributed by atoms with Crippen molar-refractivity contribution in [2.24, 2.45) is 0 Å². The van der Waals surface area contributed by atoms with Crippen molar-refractivity contribution in [3.8, 4) is 0 Å². The number of hydrogen-bond donors (Lipinski definition) is 0. The second-order valence-corrected chi connectivity index (χ2v) is 6.89. The first-order valence-corrected chi connectivity index (χ1v) is 7.90. The summed E-state index contributed by atoms with van der Waals surface area (Å²) in [6.45, 7) is 3.81. The number of halogens is 1. The van der Waals surface area contributed by atoms with Crippen LogP contribution in [0.4, 0.5) is 0 Å². The topological polar surface area (TPSA) is 26.3 Å². The third-order valence-corrected chi connectivity index (χ3v) is 5.58. The van der Waals surface area contributed by atoms with Crippen molar-refractivity contribution >= 4 is 28.6 Å². The molecular weight excluding hydrogens is 275 g/mol. The molecule has 15 heavy (non-hydrogen) atoms. The Hall–Kier alpha value is -0.110. The van der Waals surface area contributed by atoms with E-state index in [0.717, 1.165) is 5.30 Å². The SMILES string of the molecule is CC(C)OP(=O)(CCBr)c1ccccc1. The molecule has 1 unspecified atom stereocenters. The standard InChI is InChI=1S/C11H16BrO2P/c1-10(2)14-15(13,9-8-12)11-6-4-3-5-7-11/h3-7,10H,8-9H2,1-2H3. The van der Waals surface area contributed by atoms with Gasteiger partial charge in [0.25, 0.3) is 0 Å². The maximum Gasteiger partial charge on any atom is 0.233 e. The van der Waals surface area contributed by atoms with Crippen molar-refractivity contribution in [1.82, 2.24) is 0 Å². The van der Waals surface area contributed by atoms with Crippen LogP contribution in [0.25, 0.3) is 0 Å². The van der Waals surface area contributed by atoms with E-state index < -0.39 is 7.37 Å². The first kappa shape index (κ1) is 13.0. The molecule has 0 N–H and O–H groups in total. The molecule has 0 bridgehead atoms. The predicted octanol–water partition coefficient (Wildman–Crippen LogP) is 3.41. The van der Waals surface area contributed by atoms with Crippen molar-refractivity contribution in [2.75, 3.05) is 11.5 Å². The molecule has 0 aliphatic carbocycles. The van der Waals surface area contributed by atoms with Gasteiger partial charge in [0, 0.05) is 16.8 Å². The average molecular weight is 291 g/mol. The number of hydrogen-bond acceptors (Lipinski definition) is 2. The van der Waals surface area contributed by atoms with Crippen LogP contribution < -0.4 is 5.30 Å². The van der Waals surface area contributed by atoms with Gasteiger partial charge < -0.3 is 4.52 Å². The lowest BCUT2D eigenvalue weighted by atomic mass is 10.4. The summed E-state index contributed by atoms with van der Waals surface area (Å²) in [5.41, 5.74) is 0. The highest BCUT2D eigenvalue weighted by Crippen LogP contribution is 2.46. The minimum absolute atomic E-state index is 0.0184. The molecule has 4 heteroatoms. The maximum atomic E-state index is 12.6. The minimum Gasteiger partial charge on any atom is -0.322 e. The smallest absolute Gasteiger partial charge is 0.233 e. The molecule has 2 nitrogen and oxygen atoms in total. The Labute approximate surface area is 99.6 Å². The van der Waals surface area contributed by atoms with Crippen LogP contribution in [0.5, 0.6) is 0 Å². The molecule has 0 heterocycles. The van der Waals surface area contributed by atoms with Crippen LogP contribution in [0, 0.1) is 0 Å². The largest absolute Gasteiger partial charge is 0.322 e. The molecule has 0 saturated carbocycles. The summed E-state index contributed by atoms with van der Waals surface area (Å²) in [6.07, 6.45) is 0.518. The normalized spacial score (nSPS) is 15.2. The van der Waals surface area contributed by atoms with Gasteiger partial charge in [0.2, 0.25) is 7.37 Å². The zero-order valence-corrected chi connectivity index (χ0v) is 11.5. The third-order valence-electron chi connectivity index (χ3n) is 1.91. The van der Waals surface area contributed by atoms with Gasteiger partial charge in [-0.05, 0) is 26.0 Å². The summed E-state index contributed by atoms with van der Waals surface area (Å²) < 4.78 is 18.2. The lowest BCUT2D eigenvalue weighted by Gasteiger charge is -2.20. The van der Waals surface area contributed by atoms with Crippen molar-refractivity contribution in [3.05, 3.63) is 30.3 Å². The highest BCUT2D eigenvalue weighted by atomic mass is 79.9. The predicted molar refractivity (Wildman–Crippen MR) is 68.6 cm³/mol. The Morgan fingerprint density at radius 3 is 2.40 bits per heavy atom. The van der Waals surface area contributed by atoms with E-state index in [4.69, 9.17) is 4.52 Å². The lowest BCUT2D eigenvalue weighted by Crippen LogP contribution is -2.14. The lowest BCUT2D eigenvalue weighted by molar-refractivity contribution is 0.249. The van der Waals surface area contributed by atoms with Gasteiger partial charge in [0.15, 0.2) is 0 Å². The van der Waals surface area contributed by atoms with Gasteiger partial charge in [0.1, 0.15) is 0 Å². The van der Waals surface area contributed by atoms with Gasteiger partial charge in [-0.15, -0.1) is 0 Å². The monoisotopic (exact) mass is 290 g/mol. The highest BCUT2D eigenvalue weighted by molar-refractivity contribution is 9.09. The fraction of sp³-hybridized carbons (Fsp3) is 0.455. The van der Waals surface area contributed by atoms with Crippen molar-refractivity contribution in [3.63, 3.8) is 0 Å². The Balaban J connectivity index is 2.96. The summed E-state index contributed by atoms with van der Waals surface area (Å²) in [7, 11) is -2.67. The van der Waals surface area contributed by atoms with Gasteiger partial charge in [-0.3, -0.25) is 4.57 Å². The van der Waals surface area contributed by atoms with Crippen molar-refractivity contribution in [1.29, 1.82) is 0 Å². The van der Waals surface area contributed by atoms with Crippen LogP contribution in [-0.4, -0.2) is 17.6 Å². The summed E-state index contributed by atoms with van der Waals surface area (Å²) in [5, 5.41) is 1.49. The van der Waals surface area contributed by atoms with Crippen molar-refractivity contribution in [2.45, 2.75) is 20.0 Å². The molecular formula is C11H16BrO2P. The molecule has 1 rings (SSSR count). The van der Waals surface area contributed by atoms with E-state index in [1.165, 1.54) is 0 Å². The summed E-state index contributed by atoms with van der Waals surface area (Å²) in [5.74, 6) is 0. The quantitative estimate of drug-likeness (QED) is 0.614. The van der Waals surface area contributed by atoms with E-state index in [1.807, 2.05) is 44.2 Å². The zero-order valence-electron chi connectivity index (χ0n) is 9.02. The van der Waals surface area contributed by atoms with Gasteiger partial charge >= 0.3 is 0 Å². The minimum atomic E-state index is -2.67. The Kier molecular flexibility index (Phi) is 5.04. The molecule has 0 saturated heterocycles. The summed E-state index contributed by atoms with van der Waals surface area (Å²) in [6, 6.07) is 9.43. The number of benzene rings is 1. The molecule has 0 radical (unpaired) electrons. The van der Waals surface area contributed by atoms with E-state index >= 15 is 0 Å². The molecule has 84 valence electrons. The molecule has 0 aliphatic rings. The maximum absolute atomic E-state index is 12.6. The zero-order chi connectivity index (χ0) is 11.3. The summed E-state index contributed by atoms with van der Waals surface area (Å²) >= 11 is 3.32. The van der Waals surface area contributed by atoms with Crippen molar-refractivity contribution < 1.29 is 9.09 Å². The molecule has 0 aliphatic heterocycles. The van der Waals surface area contributed by atoms with Gasteiger partial charge in [-0.25, -0.2) is 0 Å². The first-order valence-electron chi connectivity index (χ1n) is 4.97. The molecule has 1 aromatic rings. The van der Waals surface area contributed by atoms with E-state index in [2.05, 4.69) is 15.9 Å². The van der Waals surface area contributed by atoms with Crippen LogP contribution >= 0.6 is 23.3 Å². The Bertz CT molecular complexity index is 338. The average Bonchev–Trinajstić information content (AvgIpc) is 2.18. The van der Waals surface area contributed by atoms with Crippen LogP contribution in [0.15, 0.2) is 30.3 Å². The second kappa shape index (κ2) is 5.83. The fourth-order valence-electron chi connectivity index (χ4n) is 1.35. The van der Waals surface area contributed by atoms with Gasteiger partial charge in [-0.2, -0.15) is 0 Å². The van der Waals surface area contributed by atoms with E-state index in [-0.39, 0.29) is 6.10 Å². The van der Waals surface area contributed by atoms with Crippen LogP contribution in [0.3, 0.4) is 0 Å². The first-order chi connectivity index (χ1) is 7.08. The highest BCUT2D eigenvalue weighted by Gasteiger charge is 2.25. The Morgan fingerprint density at radius 1 is 1.33 bits per heavy atom.